The Kier molecular flexibility index (Phi) is 6.84. The molecule has 1 fully saturated rings. The van der Waals surface area contributed by atoms with E-state index in [2.05, 4.69) is 5.32 Å². The summed E-state index contributed by atoms with van der Waals surface area (Å²) in [6.45, 7) is 2.07. The Balaban J connectivity index is 0.00000242. The molecule has 0 bridgehead atoms. The number of amides is 2. The number of nitrogens with one attached hydrogen (secondary N) is 1. The molecule has 1 aliphatic rings. The van der Waals surface area contributed by atoms with Crippen LogP contribution < -0.4 is 16.0 Å². The van der Waals surface area contributed by atoms with E-state index in [1.807, 2.05) is 24.3 Å². The molecule has 0 unspecified atom stereocenters. The van der Waals surface area contributed by atoms with Crippen LogP contribution in [-0.2, 0) is 9.59 Å². The van der Waals surface area contributed by atoms with Crippen molar-refractivity contribution in [3.05, 3.63) is 24.3 Å². The Morgan fingerprint density at radius 2 is 2.09 bits per heavy atom. The summed E-state index contributed by atoms with van der Waals surface area (Å²) in [6.07, 6.45) is 3.00. The zero-order valence-corrected chi connectivity index (χ0v) is 13.9. The first-order valence-electron chi connectivity index (χ1n) is 7.38. The second-order valence-electron chi connectivity index (χ2n) is 5.65. The highest BCUT2D eigenvalue weighted by atomic mass is 35.5. The molecule has 5 nitrogen and oxygen atoms in total. The highest BCUT2D eigenvalue weighted by Gasteiger charge is 2.31. The molecule has 2 atom stereocenters. The minimum absolute atomic E-state index is 0. The fourth-order valence-corrected chi connectivity index (χ4v) is 2.87. The van der Waals surface area contributed by atoms with Gasteiger partial charge in [0.05, 0.1) is 0 Å². The molecule has 6 heteroatoms. The second-order valence-corrected chi connectivity index (χ2v) is 5.65. The monoisotopic (exact) mass is 325 g/mol. The van der Waals surface area contributed by atoms with Crippen LogP contribution in [-0.4, -0.2) is 25.4 Å². The fourth-order valence-electron chi connectivity index (χ4n) is 2.87. The maximum Gasteiger partial charge on any atom is 0.227 e. The molecule has 1 aromatic carbocycles. The zero-order chi connectivity index (χ0) is 15.4. The standard InChI is InChI=1S/C16H23N3O2.ClH/c1-11(20)19(2)14-7-4-6-13(9-14)18-16(21)15-8-3-5-12(15)10-17;/h4,6-7,9,12,15H,3,5,8,10,17H2,1-2H3,(H,18,21);1H/t12-,15-;/m1./s1. The van der Waals surface area contributed by atoms with Crippen LogP contribution in [0.3, 0.4) is 0 Å². The van der Waals surface area contributed by atoms with Crippen molar-refractivity contribution in [3.8, 4) is 0 Å². The molecule has 22 heavy (non-hydrogen) atoms. The van der Waals surface area contributed by atoms with Gasteiger partial charge >= 0.3 is 0 Å². The lowest BCUT2D eigenvalue weighted by Crippen LogP contribution is -2.30. The summed E-state index contributed by atoms with van der Waals surface area (Å²) >= 11 is 0. The molecular weight excluding hydrogens is 302 g/mol. The number of carbonyl (C=O) groups excluding carboxylic acids is 2. The molecule has 0 radical (unpaired) electrons. The van der Waals surface area contributed by atoms with E-state index in [-0.39, 0.29) is 36.1 Å². The average molecular weight is 326 g/mol. The molecule has 0 aliphatic heterocycles. The van der Waals surface area contributed by atoms with Gasteiger partial charge in [0.15, 0.2) is 0 Å². The molecule has 0 saturated heterocycles. The first-order valence-corrected chi connectivity index (χ1v) is 7.38. The van der Waals surface area contributed by atoms with E-state index in [1.165, 1.54) is 6.92 Å². The Bertz CT molecular complexity index is 536. The van der Waals surface area contributed by atoms with E-state index in [0.29, 0.717) is 12.2 Å². The van der Waals surface area contributed by atoms with E-state index < -0.39 is 0 Å². The summed E-state index contributed by atoms with van der Waals surface area (Å²) in [7, 11) is 1.71. The van der Waals surface area contributed by atoms with Crippen LogP contribution >= 0.6 is 12.4 Å². The maximum atomic E-state index is 12.4. The molecule has 1 aromatic rings. The van der Waals surface area contributed by atoms with Crippen LogP contribution in [0.2, 0.25) is 0 Å². The smallest absolute Gasteiger partial charge is 0.227 e. The predicted octanol–water partition coefficient (Wildman–Crippen LogP) is 2.40. The van der Waals surface area contributed by atoms with E-state index in [4.69, 9.17) is 5.73 Å². The van der Waals surface area contributed by atoms with Crippen LogP contribution in [0.1, 0.15) is 26.2 Å². The van der Waals surface area contributed by atoms with Crippen LogP contribution in [0.15, 0.2) is 24.3 Å². The average Bonchev–Trinajstić information content (AvgIpc) is 2.95. The van der Waals surface area contributed by atoms with Crippen molar-refractivity contribution in [1.82, 2.24) is 0 Å². The quantitative estimate of drug-likeness (QED) is 0.892. The maximum absolute atomic E-state index is 12.4. The van der Waals surface area contributed by atoms with Gasteiger partial charge < -0.3 is 16.0 Å². The highest BCUT2D eigenvalue weighted by molar-refractivity contribution is 5.95. The lowest BCUT2D eigenvalue weighted by atomic mass is 9.95. The van der Waals surface area contributed by atoms with Crippen molar-refractivity contribution in [2.24, 2.45) is 17.6 Å². The summed E-state index contributed by atoms with van der Waals surface area (Å²) in [6, 6.07) is 7.32. The van der Waals surface area contributed by atoms with Crippen molar-refractivity contribution >= 4 is 35.6 Å². The number of hydrogen-bond donors (Lipinski definition) is 2. The molecule has 0 aromatic heterocycles. The van der Waals surface area contributed by atoms with Crippen LogP contribution in [0, 0.1) is 11.8 Å². The molecule has 2 amide bonds. The molecule has 0 heterocycles. The van der Waals surface area contributed by atoms with Gasteiger partial charge in [-0.1, -0.05) is 12.5 Å². The van der Waals surface area contributed by atoms with E-state index in [0.717, 1.165) is 24.9 Å². The number of nitrogens with zero attached hydrogens (tertiary/aromatic N) is 1. The Labute approximate surface area is 137 Å². The Morgan fingerprint density at radius 1 is 1.36 bits per heavy atom. The van der Waals surface area contributed by atoms with Crippen molar-refractivity contribution in [1.29, 1.82) is 0 Å². The fraction of sp³-hybridized carbons (Fsp3) is 0.500. The minimum Gasteiger partial charge on any atom is -0.330 e. The zero-order valence-electron chi connectivity index (χ0n) is 13.0. The second kappa shape index (κ2) is 8.15. The number of rotatable bonds is 4. The van der Waals surface area contributed by atoms with Crippen molar-refractivity contribution in [2.75, 3.05) is 23.8 Å². The van der Waals surface area contributed by atoms with Gasteiger partial charge in [0.1, 0.15) is 0 Å². The van der Waals surface area contributed by atoms with Gasteiger partial charge in [-0.3, -0.25) is 9.59 Å². The van der Waals surface area contributed by atoms with Gasteiger partial charge in [0, 0.05) is 31.3 Å². The first-order chi connectivity index (χ1) is 10.0. The van der Waals surface area contributed by atoms with Crippen molar-refractivity contribution in [2.45, 2.75) is 26.2 Å². The number of carbonyl (C=O) groups is 2. The van der Waals surface area contributed by atoms with Gasteiger partial charge in [0.2, 0.25) is 11.8 Å². The summed E-state index contributed by atoms with van der Waals surface area (Å²) < 4.78 is 0. The van der Waals surface area contributed by atoms with Gasteiger partial charge in [-0.05, 0) is 43.5 Å². The third kappa shape index (κ3) is 4.21. The van der Waals surface area contributed by atoms with Gasteiger partial charge in [0.25, 0.3) is 0 Å². The molecular formula is C16H24ClN3O2. The van der Waals surface area contributed by atoms with E-state index in [9.17, 15) is 9.59 Å². The summed E-state index contributed by atoms with van der Waals surface area (Å²) in [4.78, 5) is 25.3. The molecule has 0 spiro atoms. The lowest BCUT2D eigenvalue weighted by Gasteiger charge is -2.19. The number of halogens is 1. The molecule has 122 valence electrons. The molecule has 1 saturated carbocycles. The topological polar surface area (TPSA) is 75.4 Å². The normalized spacial score (nSPS) is 20.1. The van der Waals surface area contributed by atoms with Crippen LogP contribution in [0.25, 0.3) is 0 Å². The minimum atomic E-state index is -0.0440. The van der Waals surface area contributed by atoms with Crippen molar-refractivity contribution in [3.63, 3.8) is 0 Å². The summed E-state index contributed by atoms with van der Waals surface area (Å²) in [5.74, 6) is 0.278. The first kappa shape index (κ1) is 18.5. The third-order valence-electron chi connectivity index (χ3n) is 4.27. The van der Waals surface area contributed by atoms with Gasteiger partial charge in [-0.25, -0.2) is 0 Å². The van der Waals surface area contributed by atoms with E-state index in [1.54, 1.807) is 11.9 Å². The largest absolute Gasteiger partial charge is 0.330 e. The summed E-state index contributed by atoms with van der Waals surface area (Å²) in [5, 5.41) is 2.95. The SMILES string of the molecule is CC(=O)N(C)c1cccc(NC(=O)[C@@H]2CCC[C@@H]2CN)c1.Cl. The van der Waals surface area contributed by atoms with Crippen molar-refractivity contribution < 1.29 is 9.59 Å². The number of nitrogens with two attached hydrogens (primary N) is 1. The molecule has 3 N–H and O–H groups in total. The third-order valence-corrected chi connectivity index (χ3v) is 4.27. The van der Waals surface area contributed by atoms with E-state index >= 15 is 0 Å². The number of benzene rings is 1. The van der Waals surface area contributed by atoms with Crippen LogP contribution in [0.4, 0.5) is 11.4 Å². The Morgan fingerprint density at radius 3 is 2.73 bits per heavy atom. The number of anilines is 2. The highest BCUT2D eigenvalue weighted by Crippen LogP contribution is 2.32. The molecule has 2 rings (SSSR count). The predicted molar refractivity (Wildman–Crippen MR) is 91.3 cm³/mol. The Hall–Kier alpha value is -1.59. The van der Waals surface area contributed by atoms with Gasteiger partial charge in [-0.2, -0.15) is 0 Å². The summed E-state index contributed by atoms with van der Waals surface area (Å²) in [5.41, 5.74) is 7.21. The van der Waals surface area contributed by atoms with Crippen LogP contribution in [0.5, 0.6) is 0 Å². The number of hydrogen-bond acceptors (Lipinski definition) is 3. The lowest BCUT2D eigenvalue weighted by molar-refractivity contribution is -0.120. The van der Waals surface area contributed by atoms with Gasteiger partial charge in [-0.15, -0.1) is 12.4 Å². The molecule has 1 aliphatic carbocycles.